The van der Waals surface area contributed by atoms with Gasteiger partial charge in [0.25, 0.3) is 5.56 Å². The molecule has 2 heterocycles. The van der Waals surface area contributed by atoms with Gasteiger partial charge in [0.2, 0.25) is 5.91 Å². The summed E-state index contributed by atoms with van der Waals surface area (Å²) in [6.07, 6.45) is 3.11. The molecule has 0 bridgehead atoms. The Balaban J connectivity index is 1.76. The quantitative estimate of drug-likeness (QED) is 0.369. The van der Waals surface area contributed by atoms with E-state index in [1.807, 2.05) is 6.07 Å². The molecular weight excluding hydrogens is 436 g/mol. The van der Waals surface area contributed by atoms with E-state index in [0.29, 0.717) is 28.6 Å². The first kappa shape index (κ1) is 23.0. The van der Waals surface area contributed by atoms with Crippen molar-refractivity contribution in [2.75, 3.05) is 17.7 Å². The minimum atomic E-state index is -0.512. The van der Waals surface area contributed by atoms with Crippen molar-refractivity contribution in [3.05, 3.63) is 37.6 Å². The lowest BCUT2D eigenvalue weighted by Crippen LogP contribution is -2.19. The molecule has 8 nitrogen and oxygen atoms in total. The molecule has 1 unspecified atom stereocenters. The first-order valence-electron chi connectivity index (χ1n) is 10.1. The van der Waals surface area contributed by atoms with Crippen LogP contribution in [0.15, 0.2) is 9.95 Å². The molecule has 2 aromatic rings. The Hall–Kier alpha value is -2.64. The number of ether oxygens (including phenoxy) is 1. The van der Waals surface area contributed by atoms with Crippen molar-refractivity contribution in [1.29, 1.82) is 5.26 Å². The summed E-state index contributed by atoms with van der Waals surface area (Å²) in [5.41, 5.74) is 1.33. The second-order valence-corrected chi connectivity index (χ2v) is 9.34. The number of carbonyl (C=O) groups is 2. The molecule has 1 amide bonds. The van der Waals surface area contributed by atoms with Crippen LogP contribution in [-0.2, 0) is 28.8 Å². The minimum absolute atomic E-state index is 0.000765. The van der Waals surface area contributed by atoms with Gasteiger partial charge in [0.15, 0.2) is 5.16 Å². The van der Waals surface area contributed by atoms with Crippen molar-refractivity contribution >= 4 is 40.0 Å². The van der Waals surface area contributed by atoms with E-state index in [4.69, 9.17) is 10.00 Å². The number of hydrogen-bond donors (Lipinski definition) is 2. The number of amides is 1. The molecule has 1 aliphatic carbocycles. The van der Waals surface area contributed by atoms with Crippen LogP contribution in [0.2, 0.25) is 0 Å². The standard InChI is InChI=1S/C21H24N4O4S2/c1-4-14-13(9-22)18(27)25-21(23-14)30-10-16(26)24-19-17(20(28)29-5-2)12-7-6-11(3)8-15(12)31-19/h11H,4-8,10H2,1-3H3,(H,24,26)(H,23,25,27). The third-order valence-corrected chi connectivity index (χ3v) is 7.05. The molecule has 1 atom stereocenters. The molecule has 0 aliphatic heterocycles. The zero-order valence-electron chi connectivity index (χ0n) is 17.7. The number of carbonyl (C=O) groups excluding carboxylic acids is 2. The Morgan fingerprint density at radius 3 is 2.87 bits per heavy atom. The van der Waals surface area contributed by atoms with E-state index in [2.05, 4.69) is 22.2 Å². The highest BCUT2D eigenvalue weighted by Gasteiger charge is 2.29. The van der Waals surface area contributed by atoms with Gasteiger partial charge in [-0.1, -0.05) is 25.6 Å². The molecule has 2 N–H and O–H groups in total. The van der Waals surface area contributed by atoms with E-state index >= 15 is 0 Å². The maximum atomic E-state index is 12.6. The molecule has 0 saturated heterocycles. The number of rotatable bonds is 7. The van der Waals surface area contributed by atoms with Crippen LogP contribution < -0.4 is 10.9 Å². The molecule has 31 heavy (non-hydrogen) atoms. The number of fused-ring (bicyclic) bond motifs is 1. The summed E-state index contributed by atoms with van der Waals surface area (Å²) in [7, 11) is 0. The third kappa shape index (κ3) is 5.17. The van der Waals surface area contributed by atoms with Gasteiger partial charge < -0.3 is 15.0 Å². The number of aromatic amines is 1. The second kappa shape index (κ2) is 10.1. The summed E-state index contributed by atoms with van der Waals surface area (Å²) in [6.45, 7) is 6.00. The molecule has 1 aliphatic rings. The fraction of sp³-hybridized carbons (Fsp3) is 0.476. The predicted octanol–water partition coefficient (Wildman–Crippen LogP) is 3.30. The van der Waals surface area contributed by atoms with Crippen LogP contribution >= 0.6 is 23.1 Å². The van der Waals surface area contributed by atoms with Crippen LogP contribution in [-0.4, -0.2) is 34.2 Å². The van der Waals surface area contributed by atoms with Crippen LogP contribution in [0.3, 0.4) is 0 Å². The van der Waals surface area contributed by atoms with Crippen LogP contribution in [0.5, 0.6) is 0 Å². The molecule has 0 aromatic carbocycles. The summed E-state index contributed by atoms with van der Waals surface area (Å²) >= 11 is 2.50. The lowest BCUT2D eigenvalue weighted by molar-refractivity contribution is -0.113. The average molecular weight is 461 g/mol. The smallest absolute Gasteiger partial charge is 0.341 e. The normalized spacial score (nSPS) is 15.1. The Morgan fingerprint density at radius 2 is 2.19 bits per heavy atom. The fourth-order valence-corrected chi connectivity index (χ4v) is 5.59. The van der Waals surface area contributed by atoms with E-state index in [1.54, 1.807) is 13.8 Å². The minimum Gasteiger partial charge on any atom is -0.462 e. The Bertz CT molecular complexity index is 1100. The molecule has 164 valence electrons. The largest absolute Gasteiger partial charge is 0.462 e. The van der Waals surface area contributed by atoms with E-state index in [1.165, 1.54) is 11.3 Å². The highest BCUT2D eigenvalue weighted by molar-refractivity contribution is 7.99. The van der Waals surface area contributed by atoms with Crippen molar-refractivity contribution in [2.24, 2.45) is 5.92 Å². The zero-order chi connectivity index (χ0) is 22.5. The number of esters is 1. The van der Waals surface area contributed by atoms with E-state index in [-0.39, 0.29) is 29.0 Å². The predicted molar refractivity (Wildman–Crippen MR) is 120 cm³/mol. The lowest BCUT2D eigenvalue weighted by Gasteiger charge is -2.18. The van der Waals surface area contributed by atoms with Crippen molar-refractivity contribution in [1.82, 2.24) is 9.97 Å². The summed E-state index contributed by atoms with van der Waals surface area (Å²) in [6, 6.07) is 1.86. The van der Waals surface area contributed by atoms with Gasteiger partial charge in [0, 0.05) is 4.88 Å². The van der Waals surface area contributed by atoms with Crippen molar-refractivity contribution in [3.63, 3.8) is 0 Å². The monoisotopic (exact) mass is 460 g/mol. The van der Waals surface area contributed by atoms with Gasteiger partial charge in [-0.05, 0) is 44.1 Å². The van der Waals surface area contributed by atoms with Crippen molar-refractivity contribution in [2.45, 2.75) is 51.6 Å². The number of H-pyrrole nitrogens is 1. The van der Waals surface area contributed by atoms with Gasteiger partial charge in [-0.3, -0.25) is 9.59 Å². The molecule has 2 aromatic heterocycles. The van der Waals surface area contributed by atoms with Crippen LogP contribution in [0.4, 0.5) is 5.00 Å². The third-order valence-electron chi connectivity index (χ3n) is 5.00. The molecule has 10 heteroatoms. The molecule has 3 rings (SSSR count). The number of aryl methyl sites for hydroxylation is 1. The van der Waals surface area contributed by atoms with E-state index in [9.17, 15) is 14.4 Å². The molecule has 0 saturated carbocycles. The Kier molecular flexibility index (Phi) is 7.51. The average Bonchev–Trinajstić information content (AvgIpc) is 3.08. The number of nitrogens with zero attached hydrogens (tertiary/aromatic N) is 2. The molecule has 0 radical (unpaired) electrons. The number of hydrogen-bond acceptors (Lipinski definition) is 8. The van der Waals surface area contributed by atoms with E-state index in [0.717, 1.165) is 41.5 Å². The second-order valence-electron chi connectivity index (χ2n) is 7.27. The number of nitrogens with one attached hydrogen (secondary N) is 2. The number of anilines is 1. The number of nitriles is 1. The number of aromatic nitrogens is 2. The first-order valence-corrected chi connectivity index (χ1v) is 12.0. The van der Waals surface area contributed by atoms with Gasteiger partial charge >= 0.3 is 5.97 Å². The Labute approximate surface area is 188 Å². The Morgan fingerprint density at radius 1 is 1.42 bits per heavy atom. The summed E-state index contributed by atoms with van der Waals surface area (Å²) in [5, 5.41) is 12.7. The number of thioether (sulfide) groups is 1. The summed E-state index contributed by atoms with van der Waals surface area (Å²) in [4.78, 5) is 45.1. The van der Waals surface area contributed by atoms with Gasteiger partial charge in [0.1, 0.15) is 16.6 Å². The highest BCUT2D eigenvalue weighted by Crippen LogP contribution is 2.40. The van der Waals surface area contributed by atoms with Crippen LogP contribution in [0, 0.1) is 17.2 Å². The van der Waals surface area contributed by atoms with Gasteiger partial charge in [-0.2, -0.15) is 5.26 Å². The molecule has 0 fully saturated rings. The van der Waals surface area contributed by atoms with Gasteiger partial charge in [-0.15, -0.1) is 11.3 Å². The number of thiophene rings is 1. The van der Waals surface area contributed by atoms with Crippen LogP contribution in [0.1, 0.15) is 59.2 Å². The SMILES string of the molecule is CCOC(=O)c1c(NC(=O)CSc2nc(CC)c(C#N)c(=O)[nH]2)sc2c1CCC(C)C2. The fourth-order valence-electron chi connectivity index (χ4n) is 3.49. The van der Waals surface area contributed by atoms with Gasteiger partial charge in [-0.25, -0.2) is 9.78 Å². The van der Waals surface area contributed by atoms with E-state index < -0.39 is 11.5 Å². The molecular formula is C21H24N4O4S2. The van der Waals surface area contributed by atoms with Gasteiger partial charge in [0.05, 0.1) is 23.6 Å². The highest BCUT2D eigenvalue weighted by atomic mass is 32.2. The zero-order valence-corrected chi connectivity index (χ0v) is 19.3. The first-order chi connectivity index (χ1) is 14.9. The van der Waals surface area contributed by atoms with Crippen LogP contribution in [0.25, 0.3) is 0 Å². The topological polar surface area (TPSA) is 125 Å². The van der Waals surface area contributed by atoms with Crippen molar-refractivity contribution in [3.8, 4) is 6.07 Å². The maximum Gasteiger partial charge on any atom is 0.341 e. The maximum absolute atomic E-state index is 12.6. The molecule has 0 spiro atoms. The summed E-state index contributed by atoms with van der Waals surface area (Å²) < 4.78 is 5.23. The van der Waals surface area contributed by atoms with Crippen molar-refractivity contribution < 1.29 is 14.3 Å². The lowest BCUT2D eigenvalue weighted by atomic mass is 9.88. The summed E-state index contributed by atoms with van der Waals surface area (Å²) in [5.74, 6) is -0.193.